The molecule has 8 nitrogen and oxygen atoms in total. The van der Waals surface area contributed by atoms with E-state index in [4.69, 9.17) is 9.15 Å². The zero-order valence-corrected chi connectivity index (χ0v) is 17.3. The van der Waals surface area contributed by atoms with Gasteiger partial charge in [0.1, 0.15) is 11.4 Å². The van der Waals surface area contributed by atoms with Gasteiger partial charge in [-0.25, -0.2) is 9.78 Å². The molecule has 0 saturated heterocycles. The first-order valence-corrected chi connectivity index (χ1v) is 8.76. The van der Waals surface area contributed by atoms with Crippen LogP contribution in [0.2, 0.25) is 0 Å². The molecular formula is C18H33N5O3. The van der Waals surface area contributed by atoms with Crippen molar-refractivity contribution in [2.75, 3.05) is 27.2 Å². The summed E-state index contributed by atoms with van der Waals surface area (Å²) in [7, 11) is 3.38. The molecule has 0 aliphatic heterocycles. The molecule has 0 unspecified atom stereocenters. The highest BCUT2D eigenvalue weighted by molar-refractivity contribution is 5.79. The fourth-order valence-electron chi connectivity index (χ4n) is 1.89. The number of aromatic nitrogens is 1. The van der Waals surface area contributed by atoms with Crippen LogP contribution in [0.4, 0.5) is 4.79 Å². The van der Waals surface area contributed by atoms with Gasteiger partial charge in [-0.2, -0.15) is 0 Å². The van der Waals surface area contributed by atoms with Crippen LogP contribution in [-0.2, 0) is 16.7 Å². The van der Waals surface area contributed by atoms with Crippen molar-refractivity contribution in [2.45, 2.75) is 59.1 Å². The predicted molar refractivity (Wildman–Crippen MR) is 102 cm³/mol. The van der Waals surface area contributed by atoms with Crippen LogP contribution < -0.4 is 10.6 Å². The third kappa shape index (κ3) is 7.76. The molecule has 0 fully saturated rings. The summed E-state index contributed by atoms with van der Waals surface area (Å²) in [5.74, 6) is 2.05. The number of oxazole rings is 1. The number of hydrogen-bond acceptors (Lipinski definition) is 5. The first kappa shape index (κ1) is 21.8. The van der Waals surface area contributed by atoms with E-state index in [2.05, 4.69) is 41.4 Å². The predicted octanol–water partition coefficient (Wildman–Crippen LogP) is 2.50. The maximum absolute atomic E-state index is 11.9. The Bertz CT molecular complexity index is 611. The van der Waals surface area contributed by atoms with Crippen LogP contribution in [0.5, 0.6) is 0 Å². The van der Waals surface area contributed by atoms with Crippen LogP contribution in [0.25, 0.3) is 0 Å². The van der Waals surface area contributed by atoms with Crippen molar-refractivity contribution >= 4 is 12.1 Å². The second-order valence-electron chi connectivity index (χ2n) is 8.12. The number of amides is 1. The molecule has 148 valence electrons. The van der Waals surface area contributed by atoms with E-state index in [9.17, 15) is 4.79 Å². The Morgan fingerprint density at radius 1 is 1.27 bits per heavy atom. The van der Waals surface area contributed by atoms with Gasteiger partial charge in [-0.05, 0) is 20.8 Å². The van der Waals surface area contributed by atoms with Gasteiger partial charge in [0.25, 0.3) is 0 Å². The van der Waals surface area contributed by atoms with E-state index in [1.54, 1.807) is 20.3 Å². The highest BCUT2D eigenvalue weighted by atomic mass is 16.6. The Morgan fingerprint density at radius 2 is 1.92 bits per heavy atom. The van der Waals surface area contributed by atoms with Crippen molar-refractivity contribution in [3.63, 3.8) is 0 Å². The summed E-state index contributed by atoms with van der Waals surface area (Å²) < 4.78 is 11.0. The molecule has 1 aromatic rings. The number of aliphatic imine (C=N–C) groups is 1. The molecule has 0 bridgehead atoms. The lowest BCUT2D eigenvalue weighted by Crippen LogP contribution is -2.42. The molecular weight excluding hydrogens is 334 g/mol. The van der Waals surface area contributed by atoms with Crippen molar-refractivity contribution in [3.05, 3.63) is 17.8 Å². The maximum Gasteiger partial charge on any atom is 0.410 e. The van der Waals surface area contributed by atoms with Gasteiger partial charge in [-0.15, -0.1) is 0 Å². The number of carbonyl (C=O) groups is 1. The summed E-state index contributed by atoms with van der Waals surface area (Å²) in [4.78, 5) is 21.9. The van der Waals surface area contributed by atoms with E-state index in [0.29, 0.717) is 31.5 Å². The van der Waals surface area contributed by atoms with Crippen LogP contribution in [0, 0.1) is 0 Å². The summed E-state index contributed by atoms with van der Waals surface area (Å²) in [5, 5.41) is 6.28. The van der Waals surface area contributed by atoms with Crippen LogP contribution in [0.15, 0.2) is 15.6 Å². The summed E-state index contributed by atoms with van der Waals surface area (Å²) in [6, 6.07) is 0. The second-order valence-corrected chi connectivity index (χ2v) is 8.12. The third-order valence-corrected chi connectivity index (χ3v) is 3.37. The molecule has 26 heavy (non-hydrogen) atoms. The van der Waals surface area contributed by atoms with Gasteiger partial charge < -0.3 is 24.7 Å². The van der Waals surface area contributed by atoms with Crippen molar-refractivity contribution in [2.24, 2.45) is 4.99 Å². The molecule has 0 radical (unpaired) electrons. The number of carbonyl (C=O) groups excluding carboxylic acids is 1. The minimum absolute atomic E-state index is 0.0720. The monoisotopic (exact) mass is 367 g/mol. The number of hydrogen-bond donors (Lipinski definition) is 2. The molecule has 0 atom stereocenters. The Hall–Kier alpha value is -2.25. The number of ether oxygens (including phenoxy) is 1. The van der Waals surface area contributed by atoms with E-state index in [1.807, 2.05) is 20.8 Å². The van der Waals surface area contributed by atoms with Crippen LogP contribution >= 0.6 is 0 Å². The summed E-state index contributed by atoms with van der Waals surface area (Å²) >= 11 is 0. The molecule has 1 amide bonds. The van der Waals surface area contributed by atoms with Gasteiger partial charge in [0.05, 0.1) is 12.7 Å². The van der Waals surface area contributed by atoms with Crippen molar-refractivity contribution in [1.29, 1.82) is 0 Å². The van der Waals surface area contributed by atoms with Crippen LogP contribution in [0.3, 0.4) is 0 Å². The number of rotatable bonds is 5. The highest BCUT2D eigenvalue weighted by Crippen LogP contribution is 2.22. The average molecular weight is 367 g/mol. The molecule has 0 aromatic carbocycles. The zero-order valence-electron chi connectivity index (χ0n) is 17.3. The minimum atomic E-state index is -0.502. The largest absolute Gasteiger partial charge is 0.444 e. The number of likely N-dealkylation sites (N-methyl/N-ethyl adjacent to an activating group) is 1. The number of guanidine groups is 1. The molecule has 8 heteroatoms. The molecule has 0 saturated carbocycles. The molecule has 1 aromatic heterocycles. The maximum atomic E-state index is 11.9. The fraction of sp³-hybridized carbons (Fsp3) is 0.722. The summed E-state index contributed by atoms with van der Waals surface area (Å²) in [6.45, 7) is 13.2. The lowest BCUT2D eigenvalue weighted by molar-refractivity contribution is 0.0302. The Morgan fingerprint density at radius 3 is 2.42 bits per heavy atom. The van der Waals surface area contributed by atoms with Gasteiger partial charge in [-0.1, -0.05) is 20.8 Å². The van der Waals surface area contributed by atoms with Crippen molar-refractivity contribution in [3.8, 4) is 0 Å². The quantitative estimate of drug-likeness (QED) is 0.614. The van der Waals surface area contributed by atoms with Gasteiger partial charge in [0, 0.05) is 32.6 Å². The summed E-state index contributed by atoms with van der Waals surface area (Å²) in [6.07, 6.45) is 1.40. The Balaban J connectivity index is 2.39. The van der Waals surface area contributed by atoms with Gasteiger partial charge in [0.2, 0.25) is 5.89 Å². The standard InChI is InChI=1S/C18H33N5O3/c1-17(2,3)13-11-21-14(25-13)12-22-15(19-7)20-9-10-23(8)16(24)26-18(4,5)6/h11H,9-10,12H2,1-8H3,(H2,19,20,22). The highest BCUT2D eigenvalue weighted by Gasteiger charge is 2.20. The van der Waals surface area contributed by atoms with E-state index in [1.165, 1.54) is 4.90 Å². The molecule has 0 aliphatic carbocycles. The van der Waals surface area contributed by atoms with Gasteiger partial charge >= 0.3 is 6.09 Å². The van der Waals surface area contributed by atoms with E-state index >= 15 is 0 Å². The Kier molecular flexibility index (Phi) is 7.47. The first-order valence-electron chi connectivity index (χ1n) is 8.76. The van der Waals surface area contributed by atoms with Crippen LogP contribution in [0.1, 0.15) is 53.2 Å². The molecule has 2 N–H and O–H groups in total. The van der Waals surface area contributed by atoms with E-state index in [-0.39, 0.29) is 11.5 Å². The first-order chi connectivity index (χ1) is 11.9. The molecule has 1 rings (SSSR count). The smallest absolute Gasteiger partial charge is 0.410 e. The lowest BCUT2D eigenvalue weighted by Gasteiger charge is -2.24. The SMILES string of the molecule is CN=C(NCCN(C)C(=O)OC(C)(C)C)NCc1ncc(C(C)(C)C)o1. The van der Waals surface area contributed by atoms with Crippen molar-refractivity contribution < 1.29 is 13.9 Å². The van der Waals surface area contributed by atoms with Crippen molar-refractivity contribution in [1.82, 2.24) is 20.5 Å². The van der Waals surface area contributed by atoms with Crippen LogP contribution in [-0.4, -0.2) is 54.7 Å². The minimum Gasteiger partial charge on any atom is -0.444 e. The topological polar surface area (TPSA) is 92.0 Å². The number of nitrogens with one attached hydrogen (secondary N) is 2. The molecule has 1 heterocycles. The van der Waals surface area contributed by atoms with E-state index < -0.39 is 5.60 Å². The third-order valence-electron chi connectivity index (χ3n) is 3.37. The number of nitrogens with zero attached hydrogens (tertiary/aromatic N) is 3. The summed E-state index contributed by atoms with van der Waals surface area (Å²) in [5.41, 5.74) is -0.574. The lowest BCUT2D eigenvalue weighted by atomic mass is 9.94. The van der Waals surface area contributed by atoms with Gasteiger partial charge in [-0.3, -0.25) is 4.99 Å². The Labute approximate surface area is 156 Å². The second kappa shape index (κ2) is 8.91. The van der Waals surface area contributed by atoms with Gasteiger partial charge in [0.15, 0.2) is 5.96 Å². The normalized spacial score (nSPS) is 12.7. The molecule has 0 aliphatic rings. The molecule has 0 spiro atoms. The fourth-order valence-corrected chi connectivity index (χ4v) is 1.89. The van der Waals surface area contributed by atoms with E-state index in [0.717, 1.165) is 5.76 Å². The zero-order chi connectivity index (χ0) is 20.0. The average Bonchev–Trinajstić information content (AvgIpc) is 2.97.